The molecule has 0 radical (unpaired) electrons. The zero-order chi connectivity index (χ0) is 35.9. The van der Waals surface area contributed by atoms with Crippen molar-refractivity contribution in [1.82, 2.24) is 4.90 Å². The van der Waals surface area contributed by atoms with E-state index in [9.17, 15) is 14.7 Å². The Morgan fingerprint density at radius 2 is 0.959 bits per heavy atom. The van der Waals surface area contributed by atoms with Gasteiger partial charge in [-0.15, -0.1) is 0 Å². The van der Waals surface area contributed by atoms with Gasteiger partial charge in [-0.2, -0.15) is 0 Å². The molecule has 1 unspecified atom stereocenters. The average Bonchev–Trinajstić information content (AvgIpc) is 3.09. The molecule has 0 heterocycles. The number of rotatable bonds is 40. The quantitative estimate of drug-likeness (QED) is 0.0504. The van der Waals surface area contributed by atoms with E-state index in [4.69, 9.17) is 14.2 Å². The number of carbonyl (C=O) groups excluding carboxylic acids is 2. The molecular weight excluding hydrogens is 614 g/mol. The topological polar surface area (TPSA) is 85.3 Å². The number of ether oxygens (including phenoxy) is 3. The van der Waals surface area contributed by atoms with Gasteiger partial charge >= 0.3 is 11.9 Å². The number of hydrogen-bond acceptors (Lipinski definition) is 7. The van der Waals surface area contributed by atoms with Crippen LogP contribution in [0.3, 0.4) is 0 Å². The summed E-state index contributed by atoms with van der Waals surface area (Å²) in [5, 5.41) is 9.51. The van der Waals surface area contributed by atoms with Gasteiger partial charge in [0.25, 0.3) is 0 Å². The molecule has 7 nitrogen and oxygen atoms in total. The Kier molecular flexibility index (Phi) is 38.6. The Morgan fingerprint density at radius 1 is 0.510 bits per heavy atom. The van der Waals surface area contributed by atoms with Crippen LogP contribution in [0.5, 0.6) is 0 Å². The van der Waals surface area contributed by atoms with Crippen molar-refractivity contribution in [2.75, 3.05) is 46.1 Å². The number of esters is 2. The summed E-state index contributed by atoms with van der Waals surface area (Å²) in [7, 11) is 0. The third-order valence-electron chi connectivity index (χ3n) is 9.51. The second-order valence-corrected chi connectivity index (χ2v) is 14.4. The van der Waals surface area contributed by atoms with Crippen LogP contribution >= 0.6 is 0 Å². The fourth-order valence-corrected chi connectivity index (χ4v) is 6.31. The van der Waals surface area contributed by atoms with Crippen molar-refractivity contribution in [1.29, 1.82) is 0 Å². The minimum Gasteiger partial charge on any atom is -0.466 e. The van der Waals surface area contributed by atoms with Crippen LogP contribution in [0.15, 0.2) is 0 Å². The molecule has 292 valence electrons. The number of hydrogen-bond donors (Lipinski definition) is 1. The molecule has 0 aliphatic rings. The summed E-state index contributed by atoms with van der Waals surface area (Å²) in [6, 6.07) is 0. The van der Waals surface area contributed by atoms with Gasteiger partial charge in [0.15, 0.2) is 0 Å². The molecule has 1 N–H and O–H groups in total. The maximum atomic E-state index is 12.5. The molecule has 0 saturated heterocycles. The number of nitrogens with zero attached hydrogens (tertiary/aromatic N) is 1. The van der Waals surface area contributed by atoms with E-state index in [2.05, 4.69) is 25.7 Å². The van der Waals surface area contributed by atoms with E-state index in [1.807, 2.05) is 0 Å². The maximum absolute atomic E-state index is 12.5. The Balaban J connectivity index is 3.78. The molecule has 1 atom stereocenters. The Hall–Kier alpha value is -1.18. The van der Waals surface area contributed by atoms with Gasteiger partial charge in [0.1, 0.15) is 6.10 Å². The van der Waals surface area contributed by atoms with Crippen molar-refractivity contribution in [2.45, 2.75) is 213 Å². The van der Waals surface area contributed by atoms with E-state index in [1.165, 1.54) is 122 Å². The summed E-state index contributed by atoms with van der Waals surface area (Å²) in [4.78, 5) is 26.8. The highest BCUT2D eigenvalue weighted by Crippen LogP contribution is 2.14. The lowest BCUT2D eigenvalue weighted by Gasteiger charge is -2.21. The van der Waals surface area contributed by atoms with Gasteiger partial charge < -0.3 is 24.2 Å². The number of carbonyl (C=O) groups is 2. The lowest BCUT2D eigenvalue weighted by Crippen LogP contribution is -2.29. The van der Waals surface area contributed by atoms with Crippen LogP contribution in [-0.2, 0) is 23.8 Å². The molecule has 0 amide bonds. The van der Waals surface area contributed by atoms with Gasteiger partial charge in [-0.1, -0.05) is 143 Å². The number of aliphatic hydroxyl groups is 1. The van der Waals surface area contributed by atoms with Gasteiger partial charge in [-0.3, -0.25) is 9.59 Å². The third-order valence-corrected chi connectivity index (χ3v) is 9.51. The van der Waals surface area contributed by atoms with Crippen LogP contribution in [0.1, 0.15) is 207 Å². The molecule has 0 fully saturated rings. The standard InChI is InChI=1S/C42H83NO6/c1-4-7-10-22-29-38-48-41(45)31-24-18-14-12-16-20-26-33-43(35-36-44)34-27-21-17-13-15-19-25-32-42(46)49-40(30-23-11-8-5-2)39-47-37-28-9-6-3/h40,44H,4-39H2,1-3H3. The number of aliphatic hydroxyl groups excluding tert-OH is 1. The minimum atomic E-state index is -0.0919. The Morgan fingerprint density at radius 3 is 1.53 bits per heavy atom. The Bertz CT molecular complexity index is 690. The molecule has 0 bridgehead atoms. The lowest BCUT2D eigenvalue weighted by molar-refractivity contribution is -0.153. The highest BCUT2D eigenvalue weighted by Gasteiger charge is 2.15. The predicted molar refractivity (Wildman–Crippen MR) is 206 cm³/mol. The van der Waals surface area contributed by atoms with E-state index in [0.717, 1.165) is 77.6 Å². The zero-order valence-corrected chi connectivity index (χ0v) is 33.0. The molecule has 0 aromatic rings. The predicted octanol–water partition coefficient (Wildman–Crippen LogP) is 11.1. The van der Waals surface area contributed by atoms with Gasteiger partial charge in [-0.05, 0) is 64.5 Å². The van der Waals surface area contributed by atoms with Gasteiger partial charge in [0.2, 0.25) is 0 Å². The number of unbranched alkanes of at least 4 members (excludes halogenated alkanes) is 21. The van der Waals surface area contributed by atoms with Crippen molar-refractivity contribution in [3.8, 4) is 0 Å². The third kappa shape index (κ3) is 36.4. The zero-order valence-electron chi connectivity index (χ0n) is 33.0. The second-order valence-electron chi connectivity index (χ2n) is 14.4. The van der Waals surface area contributed by atoms with E-state index < -0.39 is 0 Å². The summed E-state index contributed by atoms with van der Waals surface area (Å²) in [5.41, 5.74) is 0. The molecule has 0 aliphatic carbocycles. The first-order valence-corrected chi connectivity index (χ1v) is 21.3. The monoisotopic (exact) mass is 698 g/mol. The molecule has 0 rings (SSSR count). The van der Waals surface area contributed by atoms with Gasteiger partial charge in [-0.25, -0.2) is 0 Å². The maximum Gasteiger partial charge on any atom is 0.306 e. The van der Waals surface area contributed by atoms with Crippen LogP contribution < -0.4 is 0 Å². The molecule has 0 spiro atoms. The molecule has 0 aromatic carbocycles. The first-order valence-electron chi connectivity index (χ1n) is 21.3. The van der Waals surface area contributed by atoms with Crippen molar-refractivity contribution >= 4 is 11.9 Å². The first-order chi connectivity index (χ1) is 24.1. The molecule has 0 aromatic heterocycles. The highest BCUT2D eigenvalue weighted by molar-refractivity contribution is 5.69. The smallest absolute Gasteiger partial charge is 0.306 e. The van der Waals surface area contributed by atoms with E-state index >= 15 is 0 Å². The summed E-state index contributed by atoms with van der Waals surface area (Å²) < 4.78 is 17.0. The fourth-order valence-electron chi connectivity index (χ4n) is 6.31. The molecular formula is C42H83NO6. The molecule has 7 heteroatoms. The van der Waals surface area contributed by atoms with Crippen molar-refractivity contribution in [3.63, 3.8) is 0 Å². The first kappa shape index (κ1) is 47.8. The fraction of sp³-hybridized carbons (Fsp3) is 0.952. The Labute approximate surface area is 304 Å². The minimum absolute atomic E-state index is 0.0231. The largest absolute Gasteiger partial charge is 0.466 e. The summed E-state index contributed by atoms with van der Waals surface area (Å²) in [5.74, 6) is -0.0794. The van der Waals surface area contributed by atoms with Crippen LogP contribution in [0, 0.1) is 0 Å². The summed E-state index contributed by atoms with van der Waals surface area (Å²) in [6.07, 6.45) is 32.3. The van der Waals surface area contributed by atoms with Crippen molar-refractivity contribution in [2.24, 2.45) is 0 Å². The molecule has 0 aliphatic heterocycles. The SMILES string of the molecule is CCCCCCCOC(=O)CCCCCCCCCN(CCO)CCCCCCCCCC(=O)OC(CCCCCC)COCCCCC. The highest BCUT2D eigenvalue weighted by atomic mass is 16.6. The van der Waals surface area contributed by atoms with Crippen LogP contribution in [0.2, 0.25) is 0 Å². The molecule has 0 saturated carbocycles. The van der Waals surface area contributed by atoms with Crippen LogP contribution in [-0.4, -0.2) is 74.1 Å². The van der Waals surface area contributed by atoms with Crippen molar-refractivity contribution in [3.05, 3.63) is 0 Å². The normalized spacial score (nSPS) is 12.1. The van der Waals surface area contributed by atoms with Crippen LogP contribution in [0.25, 0.3) is 0 Å². The second kappa shape index (κ2) is 39.6. The summed E-state index contributed by atoms with van der Waals surface area (Å²) >= 11 is 0. The summed E-state index contributed by atoms with van der Waals surface area (Å²) in [6.45, 7) is 11.7. The lowest BCUT2D eigenvalue weighted by atomic mass is 10.1. The molecule has 49 heavy (non-hydrogen) atoms. The van der Waals surface area contributed by atoms with Gasteiger partial charge in [0.05, 0.1) is 19.8 Å². The van der Waals surface area contributed by atoms with E-state index in [-0.39, 0.29) is 24.6 Å². The van der Waals surface area contributed by atoms with E-state index in [0.29, 0.717) is 26.1 Å². The van der Waals surface area contributed by atoms with Gasteiger partial charge in [0, 0.05) is 26.0 Å². The van der Waals surface area contributed by atoms with E-state index in [1.54, 1.807) is 0 Å². The van der Waals surface area contributed by atoms with Crippen LogP contribution in [0.4, 0.5) is 0 Å². The van der Waals surface area contributed by atoms with Crippen molar-refractivity contribution < 1.29 is 28.9 Å². The average molecular weight is 698 g/mol.